The average molecular weight is 207 g/mol. The molecule has 0 aliphatic carbocycles. The molecule has 0 spiro atoms. The molecule has 1 aromatic rings. The maximum absolute atomic E-state index is 10.8. The first-order valence-corrected chi connectivity index (χ1v) is 5.16. The zero-order valence-electron chi connectivity index (χ0n) is 9.45. The lowest BCUT2D eigenvalue weighted by molar-refractivity contribution is -0.114. The standard InChI is InChI=1S/C11H17N3O/c1-4-14(5-2)10-6-7-11(12-8-10)13-9(3)15/h6-8H,4-5H2,1-3H3,(H,12,13,15). The van der Waals surface area contributed by atoms with Gasteiger partial charge in [0.2, 0.25) is 5.91 Å². The third kappa shape index (κ3) is 3.23. The maximum Gasteiger partial charge on any atom is 0.222 e. The Labute approximate surface area is 90.3 Å². The summed E-state index contributed by atoms with van der Waals surface area (Å²) in [5.74, 6) is 0.497. The predicted octanol–water partition coefficient (Wildman–Crippen LogP) is 1.89. The summed E-state index contributed by atoms with van der Waals surface area (Å²) in [4.78, 5) is 17.1. The SMILES string of the molecule is CCN(CC)c1ccc(NC(C)=O)nc1. The minimum Gasteiger partial charge on any atom is -0.371 e. The van der Waals surface area contributed by atoms with E-state index in [1.54, 1.807) is 6.20 Å². The number of carbonyl (C=O) groups is 1. The minimum atomic E-state index is -0.0990. The van der Waals surface area contributed by atoms with Crippen LogP contribution in [0.25, 0.3) is 0 Å². The zero-order valence-corrected chi connectivity index (χ0v) is 9.45. The van der Waals surface area contributed by atoms with Crippen LogP contribution in [-0.4, -0.2) is 24.0 Å². The van der Waals surface area contributed by atoms with Gasteiger partial charge in [-0.05, 0) is 26.0 Å². The van der Waals surface area contributed by atoms with Gasteiger partial charge < -0.3 is 10.2 Å². The van der Waals surface area contributed by atoms with Gasteiger partial charge in [0, 0.05) is 20.0 Å². The van der Waals surface area contributed by atoms with E-state index in [0.29, 0.717) is 5.82 Å². The van der Waals surface area contributed by atoms with Crippen molar-refractivity contribution in [1.82, 2.24) is 4.98 Å². The lowest BCUT2D eigenvalue weighted by Crippen LogP contribution is -2.21. The van der Waals surface area contributed by atoms with Crippen molar-refractivity contribution in [3.63, 3.8) is 0 Å². The van der Waals surface area contributed by atoms with Crippen LogP contribution in [0.5, 0.6) is 0 Å². The topological polar surface area (TPSA) is 45.2 Å². The second-order valence-electron chi connectivity index (χ2n) is 3.26. The fraction of sp³-hybridized carbons (Fsp3) is 0.455. The van der Waals surface area contributed by atoms with E-state index in [4.69, 9.17) is 0 Å². The molecule has 0 saturated heterocycles. The average Bonchev–Trinajstić information content (AvgIpc) is 2.21. The number of amides is 1. The van der Waals surface area contributed by atoms with Gasteiger partial charge in [-0.15, -0.1) is 0 Å². The Morgan fingerprint density at radius 3 is 2.47 bits per heavy atom. The molecule has 0 aromatic carbocycles. The van der Waals surface area contributed by atoms with Gasteiger partial charge in [0.25, 0.3) is 0 Å². The molecule has 0 atom stereocenters. The van der Waals surface area contributed by atoms with Crippen LogP contribution in [0.2, 0.25) is 0 Å². The highest BCUT2D eigenvalue weighted by atomic mass is 16.1. The van der Waals surface area contributed by atoms with E-state index in [1.807, 2.05) is 12.1 Å². The Kier molecular flexibility index (Phi) is 4.09. The van der Waals surface area contributed by atoms with Crippen molar-refractivity contribution in [1.29, 1.82) is 0 Å². The number of pyridine rings is 1. The second-order valence-corrected chi connectivity index (χ2v) is 3.26. The first-order chi connectivity index (χ1) is 7.17. The number of carbonyl (C=O) groups excluding carboxylic acids is 1. The summed E-state index contributed by atoms with van der Waals surface area (Å²) in [6, 6.07) is 3.78. The summed E-state index contributed by atoms with van der Waals surface area (Å²) in [5.41, 5.74) is 1.08. The zero-order chi connectivity index (χ0) is 11.3. The van der Waals surface area contributed by atoms with Gasteiger partial charge in [-0.2, -0.15) is 0 Å². The van der Waals surface area contributed by atoms with Crippen LogP contribution in [-0.2, 0) is 4.79 Å². The van der Waals surface area contributed by atoms with Gasteiger partial charge in [-0.25, -0.2) is 4.98 Å². The Bertz CT molecular complexity index is 317. The highest BCUT2D eigenvalue weighted by molar-refractivity contribution is 5.87. The van der Waals surface area contributed by atoms with Crippen LogP contribution in [0.3, 0.4) is 0 Å². The summed E-state index contributed by atoms with van der Waals surface area (Å²) >= 11 is 0. The first-order valence-electron chi connectivity index (χ1n) is 5.16. The van der Waals surface area contributed by atoms with E-state index in [2.05, 4.69) is 29.0 Å². The Morgan fingerprint density at radius 2 is 2.07 bits per heavy atom. The van der Waals surface area contributed by atoms with Gasteiger partial charge in [0.05, 0.1) is 11.9 Å². The molecule has 1 aromatic heterocycles. The smallest absolute Gasteiger partial charge is 0.222 e. The molecule has 1 heterocycles. The fourth-order valence-corrected chi connectivity index (χ4v) is 1.42. The van der Waals surface area contributed by atoms with Crippen molar-refractivity contribution in [2.24, 2.45) is 0 Å². The van der Waals surface area contributed by atoms with E-state index in [1.165, 1.54) is 6.92 Å². The first kappa shape index (κ1) is 11.5. The lowest BCUT2D eigenvalue weighted by atomic mass is 10.3. The summed E-state index contributed by atoms with van der Waals surface area (Å²) < 4.78 is 0. The van der Waals surface area contributed by atoms with Crippen LogP contribution < -0.4 is 10.2 Å². The molecule has 82 valence electrons. The molecule has 1 amide bonds. The summed E-state index contributed by atoms with van der Waals surface area (Å²) in [7, 11) is 0. The quantitative estimate of drug-likeness (QED) is 0.820. The van der Waals surface area contributed by atoms with Crippen molar-refractivity contribution in [3.8, 4) is 0 Å². The van der Waals surface area contributed by atoms with E-state index in [0.717, 1.165) is 18.8 Å². The molecule has 15 heavy (non-hydrogen) atoms. The second kappa shape index (κ2) is 5.34. The number of nitrogens with zero attached hydrogens (tertiary/aromatic N) is 2. The highest BCUT2D eigenvalue weighted by Gasteiger charge is 2.02. The molecule has 0 bridgehead atoms. The van der Waals surface area contributed by atoms with Gasteiger partial charge in [-0.1, -0.05) is 0 Å². The Balaban J connectivity index is 2.75. The lowest BCUT2D eigenvalue weighted by Gasteiger charge is -2.20. The third-order valence-electron chi connectivity index (χ3n) is 2.18. The molecule has 0 aliphatic rings. The minimum absolute atomic E-state index is 0.0990. The largest absolute Gasteiger partial charge is 0.371 e. The molecular weight excluding hydrogens is 190 g/mol. The van der Waals surface area contributed by atoms with Crippen LogP contribution in [0.15, 0.2) is 18.3 Å². The van der Waals surface area contributed by atoms with E-state index < -0.39 is 0 Å². The number of nitrogens with one attached hydrogen (secondary N) is 1. The Morgan fingerprint density at radius 1 is 1.40 bits per heavy atom. The van der Waals surface area contributed by atoms with Crippen LogP contribution in [0, 0.1) is 0 Å². The molecule has 0 fully saturated rings. The van der Waals surface area contributed by atoms with Crippen molar-refractivity contribution < 1.29 is 4.79 Å². The summed E-state index contributed by atoms with van der Waals surface area (Å²) in [5, 5.41) is 2.64. The van der Waals surface area contributed by atoms with Crippen molar-refractivity contribution in [3.05, 3.63) is 18.3 Å². The highest BCUT2D eigenvalue weighted by Crippen LogP contribution is 2.14. The van der Waals surface area contributed by atoms with Crippen molar-refractivity contribution in [2.75, 3.05) is 23.3 Å². The molecule has 4 heteroatoms. The van der Waals surface area contributed by atoms with E-state index in [9.17, 15) is 4.79 Å². The molecule has 4 nitrogen and oxygen atoms in total. The monoisotopic (exact) mass is 207 g/mol. The number of hydrogen-bond acceptors (Lipinski definition) is 3. The Hall–Kier alpha value is -1.58. The fourth-order valence-electron chi connectivity index (χ4n) is 1.42. The van der Waals surface area contributed by atoms with Gasteiger partial charge in [0.1, 0.15) is 5.82 Å². The number of anilines is 2. The van der Waals surface area contributed by atoms with Gasteiger partial charge in [0.15, 0.2) is 0 Å². The van der Waals surface area contributed by atoms with Crippen LogP contribution in [0.1, 0.15) is 20.8 Å². The van der Waals surface area contributed by atoms with E-state index >= 15 is 0 Å². The third-order valence-corrected chi connectivity index (χ3v) is 2.18. The summed E-state index contributed by atoms with van der Waals surface area (Å²) in [6.07, 6.45) is 1.78. The van der Waals surface area contributed by atoms with Crippen LogP contribution >= 0.6 is 0 Å². The normalized spacial score (nSPS) is 9.80. The number of aromatic nitrogens is 1. The van der Waals surface area contributed by atoms with Gasteiger partial charge in [-0.3, -0.25) is 4.79 Å². The molecular formula is C11H17N3O. The van der Waals surface area contributed by atoms with Crippen LogP contribution in [0.4, 0.5) is 11.5 Å². The van der Waals surface area contributed by atoms with E-state index in [-0.39, 0.29) is 5.91 Å². The summed E-state index contributed by atoms with van der Waals surface area (Å²) in [6.45, 7) is 7.59. The molecule has 0 saturated carbocycles. The molecule has 1 rings (SSSR count). The molecule has 1 N–H and O–H groups in total. The molecule has 0 unspecified atom stereocenters. The number of hydrogen-bond donors (Lipinski definition) is 1. The number of rotatable bonds is 4. The van der Waals surface area contributed by atoms with Gasteiger partial charge >= 0.3 is 0 Å². The predicted molar refractivity (Wildman–Crippen MR) is 62.1 cm³/mol. The van der Waals surface area contributed by atoms with Crippen molar-refractivity contribution in [2.45, 2.75) is 20.8 Å². The maximum atomic E-state index is 10.8. The molecule has 0 aliphatic heterocycles. The molecule has 0 radical (unpaired) electrons. The van der Waals surface area contributed by atoms with Crippen molar-refractivity contribution >= 4 is 17.4 Å².